The fourth-order valence-corrected chi connectivity index (χ4v) is 1.63. The smallest absolute Gasteiger partial charge is 0.412 e. The Labute approximate surface area is 112 Å². The molecule has 1 N–H and O–H groups in total. The molecule has 2 aromatic rings. The highest BCUT2D eigenvalue weighted by atomic mass is 16.5. The van der Waals surface area contributed by atoms with Crippen LogP contribution >= 0.6 is 0 Å². The SMILES string of the molecule is CC[C@@H](C)COC(=O)Nc1cc2ccccc2cn1. The van der Waals surface area contributed by atoms with Crippen LogP contribution in [0, 0.1) is 5.92 Å². The van der Waals surface area contributed by atoms with Gasteiger partial charge in [-0.25, -0.2) is 9.78 Å². The van der Waals surface area contributed by atoms with Gasteiger partial charge in [-0.3, -0.25) is 5.32 Å². The topological polar surface area (TPSA) is 51.2 Å². The van der Waals surface area contributed by atoms with E-state index >= 15 is 0 Å². The molecule has 4 heteroatoms. The molecule has 0 bridgehead atoms. The number of ether oxygens (including phenoxy) is 1. The van der Waals surface area contributed by atoms with E-state index in [-0.39, 0.29) is 0 Å². The van der Waals surface area contributed by atoms with Crippen LogP contribution < -0.4 is 5.32 Å². The van der Waals surface area contributed by atoms with E-state index in [1.165, 1.54) is 0 Å². The molecule has 0 aliphatic heterocycles. The minimum Gasteiger partial charge on any atom is -0.449 e. The zero-order valence-corrected chi connectivity index (χ0v) is 11.2. The number of nitrogens with one attached hydrogen (secondary N) is 1. The first kappa shape index (κ1) is 13.3. The zero-order valence-electron chi connectivity index (χ0n) is 11.2. The zero-order chi connectivity index (χ0) is 13.7. The number of fused-ring (bicyclic) bond motifs is 1. The van der Waals surface area contributed by atoms with Crippen molar-refractivity contribution in [3.8, 4) is 0 Å². The maximum atomic E-state index is 11.6. The number of anilines is 1. The fourth-order valence-electron chi connectivity index (χ4n) is 1.63. The number of nitrogens with zero attached hydrogens (tertiary/aromatic N) is 1. The van der Waals surface area contributed by atoms with E-state index in [1.807, 2.05) is 37.3 Å². The molecule has 0 unspecified atom stereocenters. The number of aromatic nitrogens is 1. The van der Waals surface area contributed by atoms with Crippen LogP contribution in [0.3, 0.4) is 0 Å². The van der Waals surface area contributed by atoms with Gasteiger partial charge in [0.05, 0.1) is 6.61 Å². The predicted molar refractivity (Wildman–Crippen MR) is 76.2 cm³/mol. The van der Waals surface area contributed by atoms with Crippen molar-refractivity contribution in [2.24, 2.45) is 5.92 Å². The van der Waals surface area contributed by atoms with E-state index in [4.69, 9.17) is 4.74 Å². The molecule has 0 fully saturated rings. The van der Waals surface area contributed by atoms with Crippen LogP contribution in [0.25, 0.3) is 10.8 Å². The van der Waals surface area contributed by atoms with Gasteiger partial charge >= 0.3 is 6.09 Å². The Bertz CT molecular complexity index is 569. The third kappa shape index (κ3) is 3.68. The third-order valence-electron chi connectivity index (χ3n) is 3.06. The second-order valence-corrected chi connectivity index (χ2v) is 4.65. The highest BCUT2D eigenvalue weighted by molar-refractivity contribution is 5.89. The molecule has 19 heavy (non-hydrogen) atoms. The van der Waals surface area contributed by atoms with E-state index in [9.17, 15) is 4.79 Å². The summed E-state index contributed by atoms with van der Waals surface area (Å²) in [5.74, 6) is 0.878. The largest absolute Gasteiger partial charge is 0.449 e. The molecule has 0 aliphatic carbocycles. The van der Waals surface area contributed by atoms with Crippen molar-refractivity contribution in [2.45, 2.75) is 20.3 Å². The summed E-state index contributed by atoms with van der Waals surface area (Å²) in [5.41, 5.74) is 0. The molecule has 0 saturated carbocycles. The van der Waals surface area contributed by atoms with Crippen molar-refractivity contribution in [1.82, 2.24) is 4.98 Å². The lowest BCUT2D eigenvalue weighted by atomic mass is 10.1. The molecule has 1 heterocycles. The molecule has 4 nitrogen and oxygen atoms in total. The first-order valence-corrected chi connectivity index (χ1v) is 6.47. The number of hydrogen-bond donors (Lipinski definition) is 1. The molecule has 1 atom stereocenters. The molecular formula is C15H18N2O2. The molecular weight excluding hydrogens is 240 g/mol. The standard InChI is InChI=1S/C15H18N2O2/c1-3-11(2)10-19-15(18)17-14-8-12-6-4-5-7-13(12)9-16-14/h4-9,11H,3,10H2,1-2H3,(H,16,17,18)/t11-/m1/s1. The van der Waals surface area contributed by atoms with Crippen molar-refractivity contribution < 1.29 is 9.53 Å². The first-order chi connectivity index (χ1) is 9.19. The van der Waals surface area contributed by atoms with Crippen molar-refractivity contribution in [1.29, 1.82) is 0 Å². The van der Waals surface area contributed by atoms with E-state index in [2.05, 4.69) is 17.2 Å². The number of rotatable bonds is 4. The van der Waals surface area contributed by atoms with Crippen LogP contribution in [0.15, 0.2) is 36.5 Å². The summed E-state index contributed by atoms with van der Waals surface area (Å²) in [6.07, 6.45) is 2.27. The van der Waals surface area contributed by atoms with Gasteiger partial charge in [0.2, 0.25) is 0 Å². The lowest BCUT2D eigenvalue weighted by molar-refractivity contribution is 0.143. The van der Waals surface area contributed by atoms with Gasteiger partial charge in [-0.2, -0.15) is 0 Å². The Hall–Kier alpha value is -2.10. The maximum absolute atomic E-state index is 11.6. The Morgan fingerprint density at radius 1 is 1.37 bits per heavy atom. The molecule has 1 aromatic carbocycles. The average molecular weight is 258 g/mol. The van der Waals surface area contributed by atoms with Gasteiger partial charge in [-0.15, -0.1) is 0 Å². The number of hydrogen-bond acceptors (Lipinski definition) is 3. The van der Waals surface area contributed by atoms with Crippen LogP contribution in [-0.4, -0.2) is 17.7 Å². The molecule has 0 saturated heterocycles. The van der Waals surface area contributed by atoms with E-state index in [1.54, 1.807) is 6.20 Å². The number of benzene rings is 1. The Balaban J connectivity index is 1.99. The van der Waals surface area contributed by atoms with Gasteiger partial charge in [0.15, 0.2) is 0 Å². The molecule has 0 aliphatic rings. The van der Waals surface area contributed by atoms with Gasteiger partial charge in [0.25, 0.3) is 0 Å². The molecule has 1 amide bonds. The summed E-state index contributed by atoms with van der Waals surface area (Å²) in [6.45, 7) is 4.54. The van der Waals surface area contributed by atoms with Gasteiger partial charge in [0.1, 0.15) is 5.82 Å². The number of carbonyl (C=O) groups is 1. The lowest BCUT2D eigenvalue weighted by Gasteiger charge is -2.10. The van der Waals surface area contributed by atoms with Crippen molar-refractivity contribution >= 4 is 22.7 Å². The van der Waals surface area contributed by atoms with Crippen LogP contribution in [0.2, 0.25) is 0 Å². The molecule has 100 valence electrons. The van der Waals surface area contributed by atoms with Gasteiger partial charge in [0, 0.05) is 11.6 Å². The third-order valence-corrected chi connectivity index (χ3v) is 3.06. The summed E-state index contributed by atoms with van der Waals surface area (Å²) in [4.78, 5) is 15.8. The molecule has 0 spiro atoms. The summed E-state index contributed by atoms with van der Waals surface area (Å²) < 4.78 is 5.12. The van der Waals surface area contributed by atoms with Crippen molar-refractivity contribution in [2.75, 3.05) is 11.9 Å². The van der Waals surface area contributed by atoms with Crippen molar-refractivity contribution in [3.05, 3.63) is 36.5 Å². The monoisotopic (exact) mass is 258 g/mol. The summed E-state index contributed by atoms with van der Waals surface area (Å²) in [5, 5.41) is 4.72. The Morgan fingerprint density at radius 2 is 2.11 bits per heavy atom. The predicted octanol–water partition coefficient (Wildman–Crippen LogP) is 3.83. The van der Waals surface area contributed by atoms with Gasteiger partial charge in [-0.05, 0) is 17.4 Å². The highest BCUT2D eigenvalue weighted by Gasteiger charge is 2.07. The van der Waals surface area contributed by atoms with Crippen LogP contribution in [-0.2, 0) is 4.74 Å². The van der Waals surface area contributed by atoms with Gasteiger partial charge < -0.3 is 4.74 Å². The summed E-state index contributed by atoms with van der Waals surface area (Å²) >= 11 is 0. The fraction of sp³-hybridized carbons (Fsp3) is 0.333. The lowest BCUT2D eigenvalue weighted by Crippen LogP contribution is -2.17. The average Bonchev–Trinajstić information content (AvgIpc) is 2.44. The second-order valence-electron chi connectivity index (χ2n) is 4.65. The van der Waals surface area contributed by atoms with Crippen LogP contribution in [0.4, 0.5) is 10.6 Å². The summed E-state index contributed by atoms with van der Waals surface area (Å²) in [7, 11) is 0. The number of amides is 1. The summed E-state index contributed by atoms with van der Waals surface area (Å²) in [6, 6.07) is 9.70. The van der Waals surface area contributed by atoms with E-state index in [0.29, 0.717) is 18.3 Å². The van der Waals surface area contributed by atoms with Crippen LogP contribution in [0.5, 0.6) is 0 Å². The minimum atomic E-state index is -0.455. The second kappa shape index (κ2) is 6.18. The first-order valence-electron chi connectivity index (χ1n) is 6.47. The van der Waals surface area contributed by atoms with Gasteiger partial charge in [-0.1, -0.05) is 44.5 Å². The quantitative estimate of drug-likeness (QED) is 0.906. The normalized spacial score (nSPS) is 12.1. The molecule has 0 radical (unpaired) electrons. The maximum Gasteiger partial charge on any atom is 0.412 e. The molecule has 2 rings (SSSR count). The number of carbonyl (C=O) groups excluding carboxylic acids is 1. The Morgan fingerprint density at radius 3 is 2.84 bits per heavy atom. The van der Waals surface area contributed by atoms with E-state index < -0.39 is 6.09 Å². The Kier molecular flexibility index (Phi) is 4.34. The number of pyridine rings is 1. The molecule has 1 aromatic heterocycles. The minimum absolute atomic E-state index is 0.371. The van der Waals surface area contributed by atoms with Crippen LogP contribution in [0.1, 0.15) is 20.3 Å². The highest BCUT2D eigenvalue weighted by Crippen LogP contribution is 2.16. The van der Waals surface area contributed by atoms with E-state index in [0.717, 1.165) is 17.2 Å². The van der Waals surface area contributed by atoms with Crippen molar-refractivity contribution in [3.63, 3.8) is 0 Å².